The third-order valence-electron chi connectivity index (χ3n) is 5.97. The number of hydrogen-bond acceptors (Lipinski definition) is 5. The molecule has 156 valence electrons. The second kappa shape index (κ2) is 7.97. The molecule has 0 bridgehead atoms. The van der Waals surface area contributed by atoms with Crippen molar-refractivity contribution in [3.63, 3.8) is 0 Å². The van der Waals surface area contributed by atoms with Gasteiger partial charge in [-0.15, -0.1) is 0 Å². The third kappa shape index (κ3) is 3.86. The zero-order valence-corrected chi connectivity index (χ0v) is 17.7. The van der Waals surface area contributed by atoms with E-state index < -0.39 is 15.6 Å². The highest BCUT2D eigenvalue weighted by molar-refractivity contribution is 7.88. The molecule has 0 amide bonds. The van der Waals surface area contributed by atoms with Crippen molar-refractivity contribution >= 4 is 10.0 Å². The van der Waals surface area contributed by atoms with Gasteiger partial charge >= 0.3 is 0 Å². The van der Waals surface area contributed by atoms with Crippen LogP contribution in [0.2, 0.25) is 0 Å². The Kier molecular flexibility index (Phi) is 5.55. The maximum absolute atomic E-state index is 12.9. The van der Waals surface area contributed by atoms with Crippen molar-refractivity contribution in [2.45, 2.75) is 30.6 Å². The summed E-state index contributed by atoms with van der Waals surface area (Å²) >= 11 is 0. The van der Waals surface area contributed by atoms with Crippen molar-refractivity contribution in [3.05, 3.63) is 59.2 Å². The second-order valence-electron chi connectivity index (χ2n) is 7.60. The molecule has 1 fully saturated rings. The van der Waals surface area contributed by atoms with Gasteiger partial charge in [0.15, 0.2) is 11.5 Å². The van der Waals surface area contributed by atoms with E-state index in [1.165, 1.54) is 5.56 Å². The van der Waals surface area contributed by atoms with Crippen LogP contribution in [0, 0.1) is 0 Å². The summed E-state index contributed by atoms with van der Waals surface area (Å²) in [4.78, 5) is 0. The fourth-order valence-electron chi connectivity index (χ4n) is 4.40. The van der Waals surface area contributed by atoms with Gasteiger partial charge in [0.1, 0.15) is 0 Å². The van der Waals surface area contributed by atoms with Crippen LogP contribution in [0.15, 0.2) is 42.5 Å². The lowest BCUT2D eigenvalue weighted by Gasteiger charge is -2.44. The molecule has 7 heteroatoms. The molecule has 2 aliphatic rings. The molecular weight excluding hydrogens is 390 g/mol. The Morgan fingerprint density at radius 3 is 2.34 bits per heavy atom. The lowest BCUT2D eigenvalue weighted by Crippen LogP contribution is -2.48. The average molecular weight is 418 g/mol. The van der Waals surface area contributed by atoms with Crippen LogP contribution in [0.1, 0.15) is 29.5 Å². The van der Waals surface area contributed by atoms with Crippen molar-refractivity contribution < 1.29 is 22.6 Å². The minimum atomic E-state index is -3.36. The quantitative estimate of drug-likeness (QED) is 0.748. The SMILES string of the molecule is COc1cc2c(cc1OC)C1(CCN(S(=O)(=O)Cc3ccccc3)CC1)OCC2. The lowest BCUT2D eigenvalue weighted by atomic mass is 9.79. The monoisotopic (exact) mass is 417 g/mol. The molecule has 2 heterocycles. The predicted octanol–water partition coefficient (Wildman–Crippen LogP) is 3.10. The van der Waals surface area contributed by atoms with Gasteiger partial charge in [-0.3, -0.25) is 0 Å². The molecule has 0 radical (unpaired) electrons. The van der Waals surface area contributed by atoms with E-state index in [1.54, 1.807) is 18.5 Å². The summed E-state index contributed by atoms with van der Waals surface area (Å²) in [5.74, 6) is 1.42. The van der Waals surface area contributed by atoms with Gasteiger partial charge in [-0.05, 0) is 48.1 Å². The van der Waals surface area contributed by atoms with E-state index in [4.69, 9.17) is 14.2 Å². The average Bonchev–Trinajstić information content (AvgIpc) is 2.74. The van der Waals surface area contributed by atoms with Gasteiger partial charge in [0.05, 0.1) is 32.2 Å². The first-order valence-corrected chi connectivity index (χ1v) is 11.5. The number of nitrogens with zero attached hydrogens (tertiary/aromatic N) is 1. The first-order chi connectivity index (χ1) is 14.0. The summed E-state index contributed by atoms with van der Waals surface area (Å²) in [5.41, 5.74) is 2.63. The number of hydrogen-bond donors (Lipinski definition) is 0. The van der Waals surface area contributed by atoms with E-state index in [0.717, 1.165) is 17.5 Å². The summed E-state index contributed by atoms with van der Waals surface area (Å²) in [5, 5.41) is 0. The molecule has 0 saturated carbocycles. The number of rotatable bonds is 5. The van der Waals surface area contributed by atoms with E-state index in [2.05, 4.69) is 0 Å². The number of piperidine rings is 1. The van der Waals surface area contributed by atoms with Crippen LogP contribution >= 0.6 is 0 Å². The first kappa shape index (κ1) is 20.2. The van der Waals surface area contributed by atoms with Gasteiger partial charge in [0.25, 0.3) is 0 Å². The largest absolute Gasteiger partial charge is 0.493 e. The maximum atomic E-state index is 12.9. The summed E-state index contributed by atoms with van der Waals surface area (Å²) in [6.07, 6.45) is 2.07. The standard InChI is InChI=1S/C22H27NO5S/c1-26-20-14-18-8-13-28-22(19(18)15-21(20)27-2)9-11-23(12-10-22)29(24,25)16-17-6-4-3-5-7-17/h3-7,14-15H,8-13,16H2,1-2H3. The molecule has 2 aromatic rings. The Labute approximate surface area is 172 Å². The van der Waals surface area contributed by atoms with E-state index in [9.17, 15) is 8.42 Å². The molecule has 0 atom stereocenters. The van der Waals surface area contributed by atoms with Gasteiger partial charge in [-0.2, -0.15) is 0 Å². The smallest absolute Gasteiger partial charge is 0.218 e. The maximum Gasteiger partial charge on any atom is 0.218 e. The highest BCUT2D eigenvalue weighted by Gasteiger charge is 2.43. The van der Waals surface area contributed by atoms with E-state index in [-0.39, 0.29) is 5.75 Å². The van der Waals surface area contributed by atoms with Crippen molar-refractivity contribution in [1.82, 2.24) is 4.31 Å². The Morgan fingerprint density at radius 1 is 1.03 bits per heavy atom. The van der Waals surface area contributed by atoms with E-state index in [0.29, 0.717) is 44.0 Å². The van der Waals surface area contributed by atoms with Crippen LogP contribution in [-0.2, 0) is 32.5 Å². The van der Waals surface area contributed by atoms with Crippen molar-refractivity contribution in [2.24, 2.45) is 0 Å². The van der Waals surface area contributed by atoms with Crippen LogP contribution in [0.4, 0.5) is 0 Å². The van der Waals surface area contributed by atoms with E-state index >= 15 is 0 Å². The van der Waals surface area contributed by atoms with Crippen LogP contribution in [0.5, 0.6) is 11.5 Å². The van der Waals surface area contributed by atoms with Crippen molar-refractivity contribution in [2.75, 3.05) is 33.9 Å². The van der Waals surface area contributed by atoms with Crippen LogP contribution in [-0.4, -0.2) is 46.6 Å². The molecule has 1 spiro atoms. The van der Waals surface area contributed by atoms with Gasteiger partial charge in [0.2, 0.25) is 10.0 Å². The van der Waals surface area contributed by atoms with Crippen LogP contribution < -0.4 is 9.47 Å². The number of methoxy groups -OCH3 is 2. The van der Waals surface area contributed by atoms with E-state index in [1.807, 2.05) is 42.5 Å². The van der Waals surface area contributed by atoms with Crippen LogP contribution in [0.25, 0.3) is 0 Å². The van der Waals surface area contributed by atoms with Crippen LogP contribution in [0.3, 0.4) is 0 Å². The molecule has 0 unspecified atom stereocenters. The second-order valence-corrected chi connectivity index (χ2v) is 9.57. The number of sulfonamides is 1. The normalized spacial score (nSPS) is 19.0. The Bertz CT molecular complexity index is 966. The van der Waals surface area contributed by atoms with Gasteiger partial charge in [-0.1, -0.05) is 30.3 Å². The minimum absolute atomic E-state index is 0.0311. The Balaban J connectivity index is 1.55. The fourth-order valence-corrected chi connectivity index (χ4v) is 5.94. The zero-order valence-electron chi connectivity index (χ0n) is 16.9. The molecule has 1 saturated heterocycles. The van der Waals surface area contributed by atoms with Gasteiger partial charge in [-0.25, -0.2) is 12.7 Å². The highest BCUT2D eigenvalue weighted by atomic mass is 32.2. The molecule has 0 N–H and O–H groups in total. The number of benzene rings is 2. The number of ether oxygens (including phenoxy) is 3. The Hall–Kier alpha value is -2.09. The molecular formula is C22H27NO5S. The Morgan fingerprint density at radius 2 is 1.69 bits per heavy atom. The fraction of sp³-hybridized carbons (Fsp3) is 0.455. The molecule has 2 aliphatic heterocycles. The van der Waals surface area contributed by atoms with Gasteiger partial charge < -0.3 is 14.2 Å². The molecule has 4 rings (SSSR count). The highest BCUT2D eigenvalue weighted by Crippen LogP contribution is 2.45. The molecule has 6 nitrogen and oxygen atoms in total. The molecule has 0 aliphatic carbocycles. The zero-order chi connectivity index (χ0) is 20.5. The summed E-state index contributed by atoms with van der Waals surface area (Å²) in [7, 11) is -0.101. The minimum Gasteiger partial charge on any atom is -0.493 e. The molecule has 2 aromatic carbocycles. The van der Waals surface area contributed by atoms with Gasteiger partial charge in [0, 0.05) is 13.1 Å². The lowest BCUT2D eigenvalue weighted by molar-refractivity contribution is -0.0893. The molecule has 0 aromatic heterocycles. The predicted molar refractivity (Wildman–Crippen MR) is 111 cm³/mol. The first-order valence-electron chi connectivity index (χ1n) is 9.88. The summed E-state index contributed by atoms with van der Waals surface area (Å²) in [6.45, 7) is 1.52. The topological polar surface area (TPSA) is 65.1 Å². The summed E-state index contributed by atoms with van der Waals surface area (Å²) < 4.78 is 44.6. The summed E-state index contributed by atoms with van der Waals surface area (Å²) in [6, 6.07) is 13.3. The number of fused-ring (bicyclic) bond motifs is 2. The van der Waals surface area contributed by atoms with Crippen molar-refractivity contribution in [1.29, 1.82) is 0 Å². The molecule has 29 heavy (non-hydrogen) atoms. The van der Waals surface area contributed by atoms with Crippen molar-refractivity contribution in [3.8, 4) is 11.5 Å². The third-order valence-corrected chi connectivity index (χ3v) is 7.82.